The van der Waals surface area contributed by atoms with Crippen LogP contribution in [0.3, 0.4) is 0 Å². The molecule has 0 aliphatic rings. The van der Waals surface area contributed by atoms with Crippen molar-refractivity contribution in [3.8, 4) is 0 Å². The van der Waals surface area contributed by atoms with Crippen molar-refractivity contribution in [1.29, 1.82) is 0 Å². The van der Waals surface area contributed by atoms with Crippen LogP contribution in [0.5, 0.6) is 0 Å². The molecule has 1 rings (SSSR count). The molecule has 12 heavy (non-hydrogen) atoms. The summed E-state index contributed by atoms with van der Waals surface area (Å²) in [6, 6.07) is 5.67. The molecule has 0 unspecified atom stereocenters. The Kier molecular flexibility index (Phi) is 4.98. The van der Waals surface area contributed by atoms with Crippen LogP contribution in [0.4, 0.5) is 0 Å². The van der Waals surface area contributed by atoms with E-state index in [0.29, 0.717) is 4.47 Å². The summed E-state index contributed by atoms with van der Waals surface area (Å²) in [7, 11) is -4.31. The first-order valence-electron chi connectivity index (χ1n) is 2.71. The van der Waals surface area contributed by atoms with Gasteiger partial charge in [0.05, 0.1) is 4.90 Å². The van der Waals surface area contributed by atoms with Gasteiger partial charge in [-0.3, -0.25) is 0 Å². The minimum Gasteiger partial charge on any atom is -0.744 e. The summed E-state index contributed by atoms with van der Waals surface area (Å²) in [6.07, 6.45) is 0. The second-order valence-corrected chi connectivity index (χ2v) is 4.21. The number of hydrogen-bond acceptors (Lipinski definition) is 3. The van der Waals surface area contributed by atoms with Gasteiger partial charge in [-0.2, -0.15) is 0 Å². The molecule has 0 amide bonds. The zero-order chi connectivity index (χ0) is 8.48. The van der Waals surface area contributed by atoms with Crippen molar-refractivity contribution in [1.82, 2.24) is 0 Å². The zero-order valence-electron chi connectivity index (χ0n) is 6.32. The van der Waals surface area contributed by atoms with Gasteiger partial charge in [-0.15, -0.1) is 0 Å². The van der Waals surface area contributed by atoms with Crippen molar-refractivity contribution >= 4 is 26.0 Å². The number of hydrogen-bond donors (Lipinski definition) is 0. The number of halogens is 1. The van der Waals surface area contributed by atoms with Crippen molar-refractivity contribution in [2.45, 2.75) is 4.90 Å². The van der Waals surface area contributed by atoms with Crippen molar-refractivity contribution < 1.29 is 42.5 Å². The molecule has 0 fully saturated rings. The van der Waals surface area contributed by atoms with Gasteiger partial charge in [-0.05, 0) is 18.2 Å². The molecule has 3 nitrogen and oxygen atoms in total. The van der Waals surface area contributed by atoms with Crippen LogP contribution in [-0.4, -0.2) is 13.0 Å². The topological polar surface area (TPSA) is 57.2 Å². The second kappa shape index (κ2) is 4.74. The minimum absolute atomic E-state index is 0. The van der Waals surface area contributed by atoms with E-state index in [9.17, 15) is 13.0 Å². The second-order valence-electron chi connectivity index (χ2n) is 1.91. The van der Waals surface area contributed by atoms with Gasteiger partial charge in [0.25, 0.3) is 0 Å². The van der Waals surface area contributed by atoms with Gasteiger partial charge in [0.15, 0.2) is 0 Å². The van der Waals surface area contributed by atoms with Crippen LogP contribution in [0.2, 0.25) is 0 Å². The van der Waals surface area contributed by atoms with Gasteiger partial charge in [0.2, 0.25) is 0 Å². The molecule has 0 saturated heterocycles. The third-order valence-corrected chi connectivity index (χ3v) is 2.41. The molecular weight excluding hydrogens is 255 g/mol. The van der Waals surface area contributed by atoms with Crippen LogP contribution in [0, 0.1) is 0 Å². The van der Waals surface area contributed by atoms with Crippen molar-refractivity contribution in [2.24, 2.45) is 0 Å². The molecule has 0 aromatic heterocycles. The van der Waals surface area contributed by atoms with Crippen molar-refractivity contribution in [2.75, 3.05) is 0 Å². The van der Waals surface area contributed by atoms with E-state index in [1.165, 1.54) is 18.2 Å². The summed E-state index contributed by atoms with van der Waals surface area (Å²) < 4.78 is 31.8. The van der Waals surface area contributed by atoms with E-state index in [0.717, 1.165) is 0 Å². The molecule has 0 radical (unpaired) electrons. The summed E-state index contributed by atoms with van der Waals surface area (Å²) >= 11 is 3.05. The standard InChI is InChI=1S/C6H5BrO3S.Na/c7-5-2-1-3-6(4-5)11(8,9)10;/h1-4H,(H,8,9,10);/q;+1/p-1. The van der Waals surface area contributed by atoms with Crippen LogP contribution < -0.4 is 29.6 Å². The van der Waals surface area contributed by atoms with Crippen molar-refractivity contribution in [3.63, 3.8) is 0 Å². The fourth-order valence-corrected chi connectivity index (χ4v) is 1.69. The van der Waals surface area contributed by atoms with Gasteiger partial charge in [0.1, 0.15) is 10.1 Å². The van der Waals surface area contributed by atoms with E-state index in [1.807, 2.05) is 0 Å². The van der Waals surface area contributed by atoms with E-state index in [2.05, 4.69) is 15.9 Å². The van der Waals surface area contributed by atoms with Gasteiger partial charge in [-0.1, -0.05) is 22.0 Å². The van der Waals surface area contributed by atoms with Crippen LogP contribution in [0.25, 0.3) is 0 Å². The summed E-state index contributed by atoms with van der Waals surface area (Å²) in [5.74, 6) is 0. The van der Waals surface area contributed by atoms with Crippen LogP contribution >= 0.6 is 15.9 Å². The summed E-state index contributed by atoms with van der Waals surface area (Å²) in [4.78, 5) is -0.216. The monoisotopic (exact) mass is 258 g/mol. The molecule has 0 saturated carbocycles. The van der Waals surface area contributed by atoms with E-state index in [1.54, 1.807) is 6.07 Å². The Morgan fingerprint density at radius 2 is 1.92 bits per heavy atom. The first-order chi connectivity index (χ1) is 5.00. The number of benzene rings is 1. The quantitative estimate of drug-likeness (QED) is 0.449. The van der Waals surface area contributed by atoms with E-state index < -0.39 is 10.1 Å². The normalized spacial score (nSPS) is 10.5. The molecule has 0 atom stereocenters. The molecule has 0 aliphatic heterocycles. The van der Waals surface area contributed by atoms with Gasteiger partial charge < -0.3 is 4.55 Å². The average Bonchev–Trinajstić information content (AvgIpc) is 1.86. The molecule has 0 bridgehead atoms. The molecule has 1 aromatic carbocycles. The Labute approximate surface area is 101 Å². The molecule has 0 aliphatic carbocycles. The van der Waals surface area contributed by atoms with Crippen LogP contribution in [-0.2, 0) is 10.1 Å². The Bertz CT molecular complexity index is 363. The predicted molar refractivity (Wildman–Crippen MR) is 42.1 cm³/mol. The fraction of sp³-hybridized carbons (Fsp3) is 0. The van der Waals surface area contributed by atoms with Gasteiger partial charge in [-0.25, -0.2) is 8.42 Å². The summed E-state index contributed by atoms with van der Waals surface area (Å²) in [6.45, 7) is 0. The van der Waals surface area contributed by atoms with E-state index >= 15 is 0 Å². The third-order valence-electron chi connectivity index (χ3n) is 1.08. The maximum atomic E-state index is 10.4. The fourth-order valence-electron chi connectivity index (χ4n) is 0.623. The maximum absolute atomic E-state index is 10.4. The van der Waals surface area contributed by atoms with Crippen molar-refractivity contribution in [3.05, 3.63) is 28.7 Å². The Morgan fingerprint density at radius 3 is 2.25 bits per heavy atom. The SMILES string of the molecule is O=S(=O)([O-])c1cccc(Br)c1.[Na+]. The van der Waals surface area contributed by atoms with E-state index in [4.69, 9.17) is 0 Å². The minimum atomic E-state index is -4.31. The summed E-state index contributed by atoms with van der Waals surface area (Å²) in [5.41, 5.74) is 0. The average molecular weight is 259 g/mol. The molecule has 0 heterocycles. The molecule has 60 valence electrons. The molecular formula is C6H4BrNaO3S. The number of rotatable bonds is 1. The Hall–Kier alpha value is 0.610. The van der Waals surface area contributed by atoms with Crippen LogP contribution in [0.1, 0.15) is 0 Å². The third kappa shape index (κ3) is 3.55. The molecule has 1 aromatic rings. The first-order valence-corrected chi connectivity index (χ1v) is 4.92. The van der Waals surface area contributed by atoms with Gasteiger partial charge in [0, 0.05) is 4.47 Å². The molecule has 0 N–H and O–H groups in total. The molecule has 6 heteroatoms. The van der Waals surface area contributed by atoms with E-state index in [-0.39, 0.29) is 34.5 Å². The smallest absolute Gasteiger partial charge is 0.744 e. The zero-order valence-corrected chi connectivity index (χ0v) is 10.7. The Balaban J connectivity index is 0.00000121. The van der Waals surface area contributed by atoms with Crippen LogP contribution in [0.15, 0.2) is 33.6 Å². The Morgan fingerprint density at radius 1 is 1.33 bits per heavy atom. The molecule has 0 spiro atoms. The maximum Gasteiger partial charge on any atom is 1.00 e. The predicted octanol–water partition coefficient (Wildman–Crippen LogP) is -1.64. The summed E-state index contributed by atoms with van der Waals surface area (Å²) in [5, 5.41) is 0. The first kappa shape index (κ1) is 12.6. The largest absolute Gasteiger partial charge is 1.00 e. The van der Waals surface area contributed by atoms with Gasteiger partial charge >= 0.3 is 29.6 Å².